The van der Waals surface area contributed by atoms with Gasteiger partial charge in [-0.05, 0) is 37.3 Å². The van der Waals surface area contributed by atoms with E-state index in [9.17, 15) is 0 Å². The zero-order valence-electron chi connectivity index (χ0n) is 12.3. The second-order valence-electron chi connectivity index (χ2n) is 5.33. The van der Waals surface area contributed by atoms with Crippen LogP contribution < -0.4 is 15.0 Å². The molecular weight excluding hydrogens is 284 g/mol. The van der Waals surface area contributed by atoms with E-state index in [1.165, 1.54) is 11.4 Å². The lowest BCUT2D eigenvalue weighted by Crippen LogP contribution is -2.41. The number of hydrogen-bond acceptors (Lipinski definition) is 3. The Kier molecular flexibility index (Phi) is 3.93. The highest BCUT2D eigenvalue weighted by molar-refractivity contribution is 6.30. The lowest BCUT2D eigenvalue weighted by atomic mass is 10.1. The molecule has 0 bridgehead atoms. The molecule has 4 heteroatoms. The van der Waals surface area contributed by atoms with E-state index in [0.29, 0.717) is 6.04 Å². The summed E-state index contributed by atoms with van der Waals surface area (Å²) in [4.78, 5) is 2.39. The molecule has 0 spiro atoms. The monoisotopic (exact) mass is 302 g/mol. The maximum Gasteiger partial charge on any atom is 0.123 e. The molecule has 1 atom stereocenters. The fourth-order valence-electron chi connectivity index (χ4n) is 2.77. The van der Waals surface area contributed by atoms with Crippen molar-refractivity contribution < 1.29 is 4.74 Å². The van der Waals surface area contributed by atoms with Crippen molar-refractivity contribution in [2.45, 2.75) is 19.5 Å². The van der Waals surface area contributed by atoms with Gasteiger partial charge in [-0.2, -0.15) is 0 Å². The van der Waals surface area contributed by atoms with Gasteiger partial charge in [0.2, 0.25) is 0 Å². The Hall–Kier alpha value is -1.87. The molecule has 0 fully saturated rings. The van der Waals surface area contributed by atoms with E-state index >= 15 is 0 Å². The number of fused-ring (bicyclic) bond motifs is 1. The molecule has 1 aliphatic heterocycles. The normalized spacial score (nSPS) is 17.1. The van der Waals surface area contributed by atoms with Gasteiger partial charge in [0.25, 0.3) is 0 Å². The predicted molar refractivity (Wildman–Crippen MR) is 88.6 cm³/mol. The van der Waals surface area contributed by atoms with Gasteiger partial charge in [0, 0.05) is 29.7 Å². The third-order valence-corrected chi connectivity index (χ3v) is 4.15. The highest BCUT2D eigenvalue weighted by atomic mass is 35.5. The van der Waals surface area contributed by atoms with Crippen LogP contribution in [0.2, 0.25) is 5.02 Å². The van der Waals surface area contributed by atoms with Gasteiger partial charge in [-0.1, -0.05) is 23.7 Å². The molecule has 1 heterocycles. The summed E-state index contributed by atoms with van der Waals surface area (Å²) in [5.41, 5.74) is 3.50. The van der Waals surface area contributed by atoms with Crippen molar-refractivity contribution in [1.29, 1.82) is 0 Å². The zero-order valence-corrected chi connectivity index (χ0v) is 13.0. The zero-order chi connectivity index (χ0) is 14.8. The number of ether oxygens (including phenoxy) is 1. The number of hydrogen-bond donors (Lipinski definition) is 1. The van der Waals surface area contributed by atoms with Crippen molar-refractivity contribution in [2.24, 2.45) is 0 Å². The second-order valence-corrected chi connectivity index (χ2v) is 5.77. The Morgan fingerprint density at radius 1 is 1.29 bits per heavy atom. The molecule has 3 nitrogen and oxygen atoms in total. The Labute approximate surface area is 130 Å². The van der Waals surface area contributed by atoms with E-state index in [1.807, 2.05) is 18.2 Å². The number of rotatable bonds is 3. The third-order valence-electron chi connectivity index (χ3n) is 3.92. The maximum absolute atomic E-state index is 6.14. The first-order chi connectivity index (χ1) is 10.2. The lowest BCUT2D eigenvalue weighted by Gasteiger charge is -2.38. The van der Waals surface area contributed by atoms with Crippen LogP contribution in [-0.4, -0.2) is 19.7 Å². The van der Waals surface area contributed by atoms with Gasteiger partial charge < -0.3 is 15.0 Å². The van der Waals surface area contributed by atoms with Gasteiger partial charge >= 0.3 is 0 Å². The molecule has 21 heavy (non-hydrogen) atoms. The van der Waals surface area contributed by atoms with E-state index in [4.69, 9.17) is 16.3 Å². The van der Waals surface area contributed by atoms with Crippen molar-refractivity contribution in [3.8, 4) is 5.75 Å². The van der Waals surface area contributed by atoms with E-state index < -0.39 is 0 Å². The molecule has 2 aromatic rings. The molecular formula is C17H19ClN2O. The fraction of sp³-hybridized carbons (Fsp3) is 0.294. The molecule has 1 N–H and O–H groups in total. The van der Waals surface area contributed by atoms with Crippen LogP contribution >= 0.6 is 11.6 Å². The summed E-state index contributed by atoms with van der Waals surface area (Å²) >= 11 is 6.14. The third kappa shape index (κ3) is 2.79. The molecule has 0 radical (unpaired) electrons. The predicted octanol–water partition coefficient (Wildman–Crippen LogP) is 4.17. The highest BCUT2D eigenvalue weighted by Gasteiger charge is 2.23. The van der Waals surface area contributed by atoms with Gasteiger partial charge in [0.05, 0.1) is 18.5 Å². The Morgan fingerprint density at radius 3 is 2.90 bits per heavy atom. The number of nitrogens with one attached hydrogen (secondary N) is 1. The molecule has 2 aromatic carbocycles. The smallest absolute Gasteiger partial charge is 0.123 e. The summed E-state index contributed by atoms with van der Waals surface area (Å²) in [5, 5.41) is 4.21. The number of methoxy groups -OCH3 is 1. The summed E-state index contributed by atoms with van der Waals surface area (Å²) < 4.78 is 5.46. The van der Waals surface area contributed by atoms with Gasteiger partial charge in [0.1, 0.15) is 5.75 Å². The Bertz CT molecular complexity index is 644. The topological polar surface area (TPSA) is 24.5 Å². The minimum atomic E-state index is 0.406. The fourth-order valence-corrected chi connectivity index (χ4v) is 2.97. The van der Waals surface area contributed by atoms with Crippen LogP contribution in [0.5, 0.6) is 5.75 Å². The minimum Gasteiger partial charge on any atom is -0.496 e. The molecule has 0 amide bonds. The van der Waals surface area contributed by atoms with Crippen LogP contribution in [0.25, 0.3) is 0 Å². The molecule has 1 unspecified atom stereocenters. The Morgan fingerprint density at radius 2 is 2.10 bits per heavy atom. The average Bonchev–Trinajstić information content (AvgIpc) is 2.50. The lowest BCUT2D eigenvalue weighted by molar-refractivity contribution is 0.408. The SMILES string of the molecule is COc1ccc(Cl)cc1CN1c2ccccc2NCC1C. The summed E-state index contributed by atoms with van der Waals surface area (Å²) in [6.07, 6.45) is 0. The van der Waals surface area contributed by atoms with Crippen molar-refractivity contribution in [3.63, 3.8) is 0 Å². The average molecular weight is 303 g/mol. The van der Waals surface area contributed by atoms with Crippen molar-refractivity contribution in [3.05, 3.63) is 53.1 Å². The number of nitrogens with zero attached hydrogens (tertiary/aromatic N) is 1. The summed E-state index contributed by atoms with van der Waals surface area (Å²) in [6, 6.07) is 14.6. The molecule has 0 saturated carbocycles. The minimum absolute atomic E-state index is 0.406. The quantitative estimate of drug-likeness (QED) is 0.921. The van der Waals surface area contributed by atoms with Crippen LogP contribution in [-0.2, 0) is 6.54 Å². The summed E-state index contributed by atoms with van der Waals surface area (Å²) in [5.74, 6) is 0.877. The van der Waals surface area contributed by atoms with Crippen LogP contribution in [0.3, 0.4) is 0 Å². The Balaban J connectivity index is 1.96. The van der Waals surface area contributed by atoms with Crippen LogP contribution in [0.1, 0.15) is 12.5 Å². The molecule has 3 rings (SSSR count). The maximum atomic E-state index is 6.14. The molecule has 1 aliphatic rings. The number of benzene rings is 2. The van der Waals surface area contributed by atoms with Crippen molar-refractivity contribution in [2.75, 3.05) is 23.9 Å². The largest absolute Gasteiger partial charge is 0.496 e. The second kappa shape index (κ2) is 5.86. The van der Waals surface area contributed by atoms with E-state index in [1.54, 1.807) is 7.11 Å². The van der Waals surface area contributed by atoms with Gasteiger partial charge in [-0.25, -0.2) is 0 Å². The van der Waals surface area contributed by atoms with Crippen LogP contribution in [0.15, 0.2) is 42.5 Å². The first-order valence-corrected chi connectivity index (χ1v) is 7.49. The first-order valence-electron chi connectivity index (χ1n) is 7.11. The van der Waals surface area contributed by atoms with E-state index in [0.717, 1.165) is 29.4 Å². The molecule has 110 valence electrons. The molecule has 0 saturated heterocycles. The van der Waals surface area contributed by atoms with Crippen LogP contribution in [0.4, 0.5) is 11.4 Å². The number of halogens is 1. The van der Waals surface area contributed by atoms with Gasteiger partial charge in [-0.15, -0.1) is 0 Å². The molecule has 0 aromatic heterocycles. The number of anilines is 2. The standard InChI is InChI=1S/C17H19ClN2O/c1-12-10-19-15-5-3-4-6-16(15)20(12)11-13-9-14(18)7-8-17(13)21-2/h3-9,12,19H,10-11H2,1-2H3. The summed E-state index contributed by atoms with van der Waals surface area (Å²) in [7, 11) is 1.70. The van der Waals surface area contributed by atoms with E-state index in [-0.39, 0.29) is 0 Å². The van der Waals surface area contributed by atoms with Gasteiger partial charge in [-0.3, -0.25) is 0 Å². The number of para-hydroxylation sites is 2. The first kappa shape index (κ1) is 14.1. The molecule has 0 aliphatic carbocycles. The summed E-state index contributed by atoms with van der Waals surface area (Å²) in [6.45, 7) is 3.93. The van der Waals surface area contributed by atoms with Crippen molar-refractivity contribution >= 4 is 23.0 Å². The van der Waals surface area contributed by atoms with Crippen LogP contribution in [0, 0.1) is 0 Å². The van der Waals surface area contributed by atoms with Crippen molar-refractivity contribution in [1.82, 2.24) is 0 Å². The van der Waals surface area contributed by atoms with Gasteiger partial charge in [0.15, 0.2) is 0 Å². The highest BCUT2D eigenvalue weighted by Crippen LogP contribution is 2.34. The van der Waals surface area contributed by atoms with E-state index in [2.05, 4.69) is 41.4 Å².